The lowest BCUT2D eigenvalue weighted by molar-refractivity contribution is 0.816. The Morgan fingerprint density at radius 2 is 1.85 bits per heavy atom. The highest BCUT2D eigenvalue weighted by Crippen LogP contribution is 2.26. The molecule has 20 heavy (non-hydrogen) atoms. The maximum atomic E-state index is 6.12. The van der Waals surface area contributed by atoms with E-state index in [1.807, 2.05) is 24.3 Å². The van der Waals surface area contributed by atoms with Gasteiger partial charge >= 0.3 is 0 Å². The van der Waals surface area contributed by atoms with E-state index in [4.69, 9.17) is 11.6 Å². The van der Waals surface area contributed by atoms with Gasteiger partial charge in [-0.15, -0.1) is 0 Å². The lowest BCUT2D eigenvalue weighted by Crippen LogP contribution is -1.99. The van der Waals surface area contributed by atoms with Crippen LogP contribution in [-0.4, -0.2) is 15.0 Å². The Kier molecular flexibility index (Phi) is 3.36. The van der Waals surface area contributed by atoms with Gasteiger partial charge in [0, 0.05) is 17.3 Å². The lowest BCUT2D eigenvalue weighted by atomic mass is 10.1. The summed E-state index contributed by atoms with van der Waals surface area (Å²) in [6, 6.07) is 11.9. The molecule has 0 radical (unpaired) electrons. The molecule has 0 bridgehead atoms. The summed E-state index contributed by atoms with van der Waals surface area (Å²) >= 11 is 6.12. The molecule has 1 aromatic carbocycles. The van der Waals surface area contributed by atoms with Crippen molar-refractivity contribution in [2.24, 2.45) is 0 Å². The van der Waals surface area contributed by atoms with E-state index in [0.29, 0.717) is 16.9 Å². The van der Waals surface area contributed by atoms with Gasteiger partial charge in [-0.1, -0.05) is 49.7 Å². The molecule has 0 aliphatic rings. The van der Waals surface area contributed by atoms with Gasteiger partial charge in [-0.3, -0.25) is 4.98 Å². The number of hydrogen-bond acceptors (Lipinski definition) is 3. The largest absolute Gasteiger partial charge is 0.252 e. The summed E-state index contributed by atoms with van der Waals surface area (Å²) in [6.07, 6.45) is 1.77. The Morgan fingerprint density at radius 1 is 1.05 bits per heavy atom. The summed E-state index contributed by atoms with van der Waals surface area (Å²) in [6.45, 7) is 4.16. The summed E-state index contributed by atoms with van der Waals surface area (Å²) < 4.78 is 0. The highest BCUT2D eigenvalue weighted by molar-refractivity contribution is 6.29. The van der Waals surface area contributed by atoms with Crippen molar-refractivity contribution in [2.75, 3.05) is 0 Å². The second-order valence-corrected chi connectivity index (χ2v) is 5.36. The minimum atomic E-state index is 0.296. The Bertz CT molecular complexity index is 763. The van der Waals surface area contributed by atoms with E-state index in [1.54, 1.807) is 12.3 Å². The van der Waals surface area contributed by atoms with Crippen LogP contribution in [0.25, 0.3) is 22.3 Å². The van der Waals surface area contributed by atoms with Crippen molar-refractivity contribution in [3.05, 3.63) is 53.4 Å². The van der Waals surface area contributed by atoms with Crippen molar-refractivity contribution in [1.82, 2.24) is 15.0 Å². The molecule has 0 aliphatic carbocycles. The van der Waals surface area contributed by atoms with E-state index in [-0.39, 0.29) is 0 Å². The smallest absolute Gasteiger partial charge is 0.180 e. The van der Waals surface area contributed by atoms with E-state index in [2.05, 4.69) is 34.9 Å². The second kappa shape index (κ2) is 5.17. The number of aromatic nitrogens is 3. The fourth-order valence-electron chi connectivity index (χ4n) is 2.13. The SMILES string of the molecule is CC(C)c1cc(Cl)nc(-c2nccc3ccccc23)n1. The standard InChI is InChI=1S/C16H14ClN3/c1-10(2)13-9-14(17)20-16(19-13)15-12-6-4-3-5-11(12)7-8-18-15/h3-10H,1-2H3. The normalized spacial score (nSPS) is 11.2. The van der Waals surface area contributed by atoms with Crippen LogP contribution in [0.1, 0.15) is 25.5 Å². The van der Waals surface area contributed by atoms with Gasteiger partial charge in [0.15, 0.2) is 5.82 Å². The molecule has 0 saturated heterocycles. The van der Waals surface area contributed by atoms with E-state index >= 15 is 0 Å². The summed E-state index contributed by atoms with van der Waals surface area (Å²) in [5.41, 5.74) is 1.70. The second-order valence-electron chi connectivity index (χ2n) is 4.97. The molecule has 3 nitrogen and oxygen atoms in total. The van der Waals surface area contributed by atoms with Crippen LogP contribution in [0.2, 0.25) is 5.15 Å². The first-order chi connectivity index (χ1) is 9.65. The van der Waals surface area contributed by atoms with Crippen molar-refractivity contribution in [3.63, 3.8) is 0 Å². The molecule has 0 N–H and O–H groups in total. The molecule has 0 amide bonds. The molecular weight excluding hydrogens is 270 g/mol. The molecule has 0 spiro atoms. The topological polar surface area (TPSA) is 38.7 Å². The number of rotatable bonds is 2. The number of nitrogens with zero attached hydrogens (tertiary/aromatic N) is 3. The molecule has 100 valence electrons. The van der Waals surface area contributed by atoms with Crippen molar-refractivity contribution < 1.29 is 0 Å². The molecule has 0 atom stereocenters. The van der Waals surface area contributed by atoms with Crippen LogP contribution in [0.15, 0.2) is 42.6 Å². The highest BCUT2D eigenvalue weighted by atomic mass is 35.5. The van der Waals surface area contributed by atoms with Gasteiger partial charge in [0.1, 0.15) is 10.8 Å². The summed E-state index contributed by atoms with van der Waals surface area (Å²) in [4.78, 5) is 13.4. The molecule has 3 rings (SSSR count). The third kappa shape index (κ3) is 2.37. The summed E-state index contributed by atoms with van der Waals surface area (Å²) in [5, 5.41) is 2.60. The molecule has 0 unspecified atom stereocenters. The molecule has 0 fully saturated rings. The number of pyridine rings is 1. The van der Waals surface area contributed by atoms with E-state index in [9.17, 15) is 0 Å². The quantitative estimate of drug-likeness (QED) is 0.651. The third-order valence-electron chi connectivity index (χ3n) is 3.19. The summed E-state index contributed by atoms with van der Waals surface area (Å²) in [5.74, 6) is 0.877. The lowest BCUT2D eigenvalue weighted by Gasteiger charge is -2.09. The molecule has 0 aliphatic heterocycles. The summed E-state index contributed by atoms with van der Waals surface area (Å²) in [7, 11) is 0. The highest BCUT2D eigenvalue weighted by Gasteiger charge is 2.12. The zero-order valence-electron chi connectivity index (χ0n) is 11.3. The Balaban J connectivity index is 2.25. The number of hydrogen-bond donors (Lipinski definition) is 0. The molecular formula is C16H14ClN3. The van der Waals surface area contributed by atoms with Gasteiger partial charge in [0.2, 0.25) is 0 Å². The van der Waals surface area contributed by atoms with Gasteiger partial charge in [-0.25, -0.2) is 9.97 Å². The van der Waals surface area contributed by atoms with Crippen LogP contribution < -0.4 is 0 Å². The third-order valence-corrected chi connectivity index (χ3v) is 3.39. The van der Waals surface area contributed by atoms with Gasteiger partial charge in [0.25, 0.3) is 0 Å². The Morgan fingerprint density at radius 3 is 2.65 bits per heavy atom. The zero-order chi connectivity index (χ0) is 14.1. The number of benzene rings is 1. The molecule has 2 aromatic heterocycles. The maximum absolute atomic E-state index is 6.12. The van der Waals surface area contributed by atoms with Crippen molar-refractivity contribution in [1.29, 1.82) is 0 Å². The fourth-order valence-corrected chi connectivity index (χ4v) is 2.33. The Labute approximate surface area is 122 Å². The van der Waals surface area contributed by atoms with Crippen LogP contribution in [-0.2, 0) is 0 Å². The van der Waals surface area contributed by atoms with Crippen molar-refractivity contribution in [3.8, 4) is 11.5 Å². The fraction of sp³-hybridized carbons (Fsp3) is 0.188. The molecule has 3 aromatic rings. The van der Waals surface area contributed by atoms with Gasteiger partial charge in [-0.05, 0) is 23.4 Å². The first-order valence-electron chi connectivity index (χ1n) is 6.54. The van der Waals surface area contributed by atoms with Crippen LogP contribution in [0, 0.1) is 0 Å². The average Bonchev–Trinajstić information content (AvgIpc) is 2.46. The van der Waals surface area contributed by atoms with Crippen LogP contribution >= 0.6 is 11.6 Å². The maximum Gasteiger partial charge on any atom is 0.180 e. The molecule has 2 heterocycles. The monoisotopic (exact) mass is 283 g/mol. The molecule has 4 heteroatoms. The van der Waals surface area contributed by atoms with Gasteiger partial charge in [0.05, 0.1) is 0 Å². The minimum Gasteiger partial charge on any atom is -0.252 e. The van der Waals surface area contributed by atoms with Gasteiger partial charge in [-0.2, -0.15) is 0 Å². The average molecular weight is 284 g/mol. The first kappa shape index (κ1) is 13.0. The van der Waals surface area contributed by atoms with Crippen molar-refractivity contribution in [2.45, 2.75) is 19.8 Å². The van der Waals surface area contributed by atoms with Crippen LogP contribution in [0.3, 0.4) is 0 Å². The van der Waals surface area contributed by atoms with Crippen molar-refractivity contribution >= 4 is 22.4 Å². The van der Waals surface area contributed by atoms with E-state index in [1.165, 1.54) is 0 Å². The number of halogens is 1. The van der Waals surface area contributed by atoms with E-state index < -0.39 is 0 Å². The van der Waals surface area contributed by atoms with Crippen LogP contribution in [0.5, 0.6) is 0 Å². The minimum absolute atomic E-state index is 0.296. The van der Waals surface area contributed by atoms with Gasteiger partial charge < -0.3 is 0 Å². The predicted molar refractivity (Wildman–Crippen MR) is 81.9 cm³/mol. The predicted octanol–water partition coefficient (Wildman–Crippen LogP) is 4.47. The van der Waals surface area contributed by atoms with E-state index in [0.717, 1.165) is 22.2 Å². The Hall–Kier alpha value is -2.00. The number of fused-ring (bicyclic) bond motifs is 1. The zero-order valence-corrected chi connectivity index (χ0v) is 12.1. The first-order valence-corrected chi connectivity index (χ1v) is 6.91. The molecule has 0 saturated carbocycles. The van der Waals surface area contributed by atoms with Crippen LogP contribution in [0.4, 0.5) is 0 Å².